The average molecular weight is 325 g/mol. The SMILES string of the molecule is CC1(C)COB(c2cccc(C3=CC=C(F)CC3(C)C#N)c2)OC1. The van der Waals surface area contributed by atoms with E-state index in [0.717, 1.165) is 16.6 Å². The molecule has 0 spiro atoms. The van der Waals surface area contributed by atoms with Crippen LogP contribution in [0.4, 0.5) is 4.39 Å². The Labute approximate surface area is 142 Å². The second-order valence-corrected chi connectivity index (χ2v) is 7.56. The fourth-order valence-electron chi connectivity index (χ4n) is 3.10. The van der Waals surface area contributed by atoms with Crippen LogP contribution in [0.2, 0.25) is 0 Å². The minimum absolute atomic E-state index is 0.0156. The van der Waals surface area contributed by atoms with E-state index in [1.54, 1.807) is 13.0 Å². The molecule has 1 aromatic carbocycles. The van der Waals surface area contributed by atoms with Gasteiger partial charge in [-0.1, -0.05) is 44.2 Å². The van der Waals surface area contributed by atoms with Crippen molar-refractivity contribution in [3.63, 3.8) is 0 Å². The van der Waals surface area contributed by atoms with Crippen LogP contribution >= 0.6 is 0 Å². The van der Waals surface area contributed by atoms with Gasteiger partial charge < -0.3 is 9.31 Å². The number of allylic oxidation sites excluding steroid dienone is 4. The Morgan fingerprint density at radius 3 is 2.54 bits per heavy atom. The summed E-state index contributed by atoms with van der Waals surface area (Å²) in [4.78, 5) is 0. The summed E-state index contributed by atoms with van der Waals surface area (Å²) in [7, 11) is -0.400. The van der Waals surface area contributed by atoms with Gasteiger partial charge in [-0.05, 0) is 29.6 Å². The predicted octanol–water partition coefficient (Wildman–Crippen LogP) is 3.63. The van der Waals surface area contributed by atoms with Crippen LogP contribution < -0.4 is 5.46 Å². The fraction of sp³-hybridized carbons (Fsp3) is 0.421. The monoisotopic (exact) mass is 325 g/mol. The number of hydrogen-bond donors (Lipinski definition) is 0. The van der Waals surface area contributed by atoms with E-state index in [1.807, 2.05) is 24.3 Å². The van der Waals surface area contributed by atoms with Crippen LogP contribution in [0.5, 0.6) is 0 Å². The summed E-state index contributed by atoms with van der Waals surface area (Å²) in [5.41, 5.74) is 1.79. The standard InChI is InChI=1S/C19H21BFNO2/c1-18(2)12-23-20(24-13-18)15-6-4-5-14(9-15)17-8-7-16(21)10-19(17,3)11-22/h4-9H,10,12-13H2,1-3H3. The minimum atomic E-state index is -0.867. The Morgan fingerprint density at radius 2 is 1.88 bits per heavy atom. The topological polar surface area (TPSA) is 42.2 Å². The molecule has 5 heteroatoms. The molecule has 0 saturated carbocycles. The Balaban J connectivity index is 1.90. The number of nitrogens with zero attached hydrogens (tertiary/aromatic N) is 1. The largest absolute Gasteiger partial charge is 0.493 e. The molecule has 0 radical (unpaired) electrons. The fourth-order valence-corrected chi connectivity index (χ4v) is 3.10. The van der Waals surface area contributed by atoms with Gasteiger partial charge in [-0.2, -0.15) is 5.26 Å². The molecule has 1 fully saturated rings. The first-order chi connectivity index (χ1) is 11.3. The van der Waals surface area contributed by atoms with Crippen molar-refractivity contribution in [2.24, 2.45) is 10.8 Å². The van der Waals surface area contributed by atoms with E-state index in [4.69, 9.17) is 9.31 Å². The van der Waals surface area contributed by atoms with E-state index < -0.39 is 12.5 Å². The second-order valence-electron chi connectivity index (χ2n) is 7.56. The lowest BCUT2D eigenvalue weighted by Crippen LogP contribution is -2.47. The highest BCUT2D eigenvalue weighted by atomic mass is 19.1. The zero-order chi connectivity index (χ0) is 17.4. The van der Waals surface area contributed by atoms with Crippen molar-refractivity contribution in [2.45, 2.75) is 27.2 Å². The molecule has 0 amide bonds. The third-order valence-electron chi connectivity index (χ3n) is 4.52. The molecule has 1 saturated heterocycles. The summed E-state index contributed by atoms with van der Waals surface area (Å²) >= 11 is 0. The van der Waals surface area contributed by atoms with Crippen molar-refractivity contribution in [3.8, 4) is 6.07 Å². The van der Waals surface area contributed by atoms with Gasteiger partial charge in [-0.25, -0.2) is 4.39 Å². The van der Waals surface area contributed by atoms with Crippen LogP contribution in [-0.4, -0.2) is 20.3 Å². The molecule has 124 valence electrons. The summed E-state index contributed by atoms with van der Waals surface area (Å²) < 4.78 is 25.3. The lowest BCUT2D eigenvalue weighted by atomic mass is 9.71. The van der Waals surface area contributed by atoms with E-state index in [1.165, 1.54) is 6.08 Å². The third-order valence-corrected chi connectivity index (χ3v) is 4.52. The number of hydrogen-bond acceptors (Lipinski definition) is 3. The molecule has 3 nitrogen and oxygen atoms in total. The lowest BCUT2D eigenvalue weighted by Gasteiger charge is -2.33. The Hall–Kier alpha value is -1.90. The molecule has 1 aliphatic heterocycles. The number of benzene rings is 1. The molecule has 0 bridgehead atoms. The summed E-state index contributed by atoms with van der Waals surface area (Å²) in [5, 5.41) is 9.54. The van der Waals surface area contributed by atoms with Gasteiger partial charge in [-0.15, -0.1) is 0 Å². The normalized spacial score (nSPS) is 26.4. The van der Waals surface area contributed by atoms with E-state index >= 15 is 0 Å². The van der Waals surface area contributed by atoms with Crippen LogP contribution in [0.25, 0.3) is 5.57 Å². The van der Waals surface area contributed by atoms with Crippen molar-refractivity contribution < 1.29 is 13.7 Å². The van der Waals surface area contributed by atoms with E-state index in [9.17, 15) is 9.65 Å². The zero-order valence-corrected chi connectivity index (χ0v) is 14.3. The number of rotatable bonds is 2. The van der Waals surface area contributed by atoms with Gasteiger partial charge in [0.25, 0.3) is 0 Å². The maximum Gasteiger partial charge on any atom is 0.493 e. The molecule has 24 heavy (non-hydrogen) atoms. The van der Waals surface area contributed by atoms with Crippen LogP contribution in [0.15, 0.2) is 42.2 Å². The van der Waals surface area contributed by atoms with Gasteiger partial charge in [0.1, 0.15) is 5.83 Å². The van der Waals surface area contributed by atoms with E-state index in [2.05, 4.69) is 19.9 Å². The summed E-state index contributed by atoms with van der Waals surface area (Å²) in [5.74, 6) is -0.264. The highest BCUT2D eigenvalue weighted by Gasteiger charge is 2.36. The molecule has 0 N–H and O–H groups in total. The summed E-state index contributed by atoms with van der Waals surface area (Å²) in [6.07, 6.45) is 3.24. The van der Waals surface area contributed by atoms with Crippen LogP contribution in [0.3, 0.4) is 0 Å². The van der Waals surface area contributed by atoms with Crippen LogP contribution in [-0.2, 0) is 9.31 Å². The minimum Gasteiger partial charge on any atom is -0.407 e. The zero-order valence-electron chi connectivity index (χ0n) is 14.3. The Bertz CT molecular complexity index is 740. The average Bonchev–Trinajstić information content (AvgIpc) is 2.55. The molecule has 1 unspecified atom stereocenters. The molecule has 1 aromatic rings. The first-order valence-electron chi connectivity index (χ1n) is 8.15. The highest BCUT2D eigenvalue weighted by Crippen LogP contribution is 2.42. The number of halogens is 1. The van der Waals surface area contributed by atoms with E-state index in [-0.39, 0.29) is 17.7 Å². The summed E-state index contributed by atoms with van der Waals surface area (Å²) in [6, 6.07) is 10.0. The first-order valence-corrected chi connectivity index (χ1v) is 8.15. The molecule has 1 aliphatic carbocycles. The van der Waals surface area contributed by atoms with Crippen molar-refractivity contribution in [1.82, 2.24) is 0 Å². The molecule has 1 heterocycles. The van der Waals surface area contributed by atoms with Gasteiger partial charge in [0, 0.05) is 25.0 Å². The maximum atomic E-state index is 13.6. The van der Waals surface area contributed by atoms with Crippen molar-refractivity contribution in [3.05, 3.63) is 47.8 Å². The number of nitriles is 1. The van der Waals surface area contributed by atoms with Gasteiger partial charge >= 0.3 is 7.12 Å². The molecule has 3 rings (SSSR count). The van der Waals surface area contributed by atoms with Gasteiger partial charge in [0.15, 0.2) is 0 Å². The quantitative estimate of drug-likeness (QED) is 0.780. The van der Waals surface area contributed by atoms with Crippen molar-refractivity contribution >= 4 is 18.2 Å². The van der Waals surface area contributed by atoms with E-state index in [0.29, 0.717) is 13.2 Å². The smallest absolute Gasteiger partial charge is 0.407 e. The van der Waals surface area contributed by atoms with Gasteiger partial charge in [-0.3, -0.25) is 0 Å². The van der Waals surface area contributed by atoms with Crippen LogP contribution in [0.1, 0.15) is 32.8 Å². The Morgan fingerprint density at radius 1 is 1.17 bits per heavy atom. The molecular formula is C19H21BFNO2. The highest BCUT2D eigenvalue weighted by molar-refractivity contribution is 6.61. The first kappa shape index (κ1) is 16.9. The third kappa shape index (κ3) is 3.31. The molecular weight excluding hydrogens is 304 g/mol. The maximum absolute atomic E-state index is 13.6. The van der Waals surface area contributed by atoms with Crippen molar-refractivity contribution in [1.29, 1.82) is 5.26 Å². The molecule has 2 aliphatic rings. The summed E-state index contributed by atoms with van der Waals surface area (Å²) in [6.45, 7) is 7.24. The molecule has 1 atom stereocenters. The predicted molar refractivity (Wildman–Crippen MR) is 93.0 cm³/mol. The lowest BCUT2D eigenvalue weighted by molar-refractivity contribution is 0.0343. The second kappa shape index (κ2) is 6.20. The van der Waals surface area contributed by atoms with Gasteiger partial charge in [0.05, 0.1) is 11.5 Å². The molecule has 0 aromatic heterocycles. The Kier molecular flexibility index (Phi) is 4.37. The van der Waals surface area contributed by atoms with Crippen LogP contribution in [0, 0.1) is 22.2 Å². The van der Waals surface area contributed by atoms with Gasteiger partial charge in [0.2, 0.25) is 0 Å². The van der Waals surface area contributed by atoms with Crippen molar-refractivity contribution in [2.75, 3.05) is 13.2 Å².